The smallest absolute Gasteiger partial charge is 0.341 e. The standard InChI is InChI=1S/C21H24N2O4S/c1-4-27-21(26)18-13(2)19(14(3)24)28-20(18)22-17(25)12-23-10-9-15-7-5-6-8-16(15)11-23/h9-11H,4-8,12H2,1-3H3/p+1. The fraction of sp³-hybridized carbons (Fsp3) is 0.429. The number of aryl methyl sites for hydroxylation is 2. The number of ether oxygens (including phenoxy) is 1. The highest BCUT2D eigenvalue weighted by molar-refractivity contribution is 7.18. The van der Waals surface area contributed by atoms with Crippen molar-refractivity contribution in [3.8, 4) is 0 Å². The lowest BCUT2D eigenvalue weighted by Crippen LogP contribution is -2.40. The largest absolute Gasteiger partial charge is 0.462 e. The molecule has 0 saturated carbocycles. The van der Waals surface area contributed by atoms with Crippen LogP contribution in [0.15, 0.2) is 18.5 Å². The van der Waals surface area contributed by atoms with E-state index >= 15 is 0 Å². The number of fused-ring (bicyclic) bond motifs is 1. The predicted molar refractivity (Wildman–Crippen MR) is 107 cm³/mol. The second-order valence-corrected chi connectivity index (χ2v) is 7.98. The molecule has 0 spiro atoms. The number of esters is 1. The van der Waals surface area contributed by atoms with Crippen LogP contribution in [0, 0.1) is 6.92 Å². The van der Waals surface area contributed by atoms with Gasteiger partial charge in [-0.1, -0.05) is 0 Å². The first-order valence-electron chi connectivity index (χ1n) is 9.52. The number of ketones is 1. The lowest BCUT2D eigenvalue weighted by Gasteiger charge is -2.13. The van der Waals surface area contributed by atoms with Crippen molar-refractivity contribution in [2.45, 2.75) is 53.0 Å². The first-order chi connectivity index (χ1) is 13.4. The number of Topliss-reactive ketones (excluding diaryl/α,β-unsaturated/α-hetero) is 1. The molecule has 6 nitrogen and oxygen atoms in total. The molecule has 0 bridgehead atoms. The van der Waals surface area contributed by atoms with Crippen LogP contribution >= 0.6 is 11.3 Å². The van der Waals surface area contributed by atoms with E-state index in [1.807, 2.05) is 17.0 Å². The summed E-state index contributed by atoms with van der Waals surface area (Å²) in [4.78, 5) is 37.3. The van der Waals surface area contributed by atoms with Gasteiger partial charge in [0.05, 0.1) is 17.0 Å². The molecule has 0 aliphatic heterocycles. The van der Waals surface area contributed by atoms with E-state index in [1.54, 1.807) is 13.8 Å². The van der Waals surface area contributed by atoms with Crippen LogP contribution in [0.1, 0.15) is 63.4 Å². The fourth-order valence-electron chi connectivity index (χ4n) is 3.54. The summed E-state index contributed by atoms with van der Waals surface area (Å²) in [5, 5.41) is 3.17. The zero-order valence-corrected chi connectivity index (χ0v) is 17.3. The van der Waals surface area contributed by atoms with Crippen molar-refractivity contribution in [3.05, 3.63) is 45.6 Å². The summed E-state index contributed by atoms with van der Waals surface area (Å²) in [6.45, 7) is 5.23. The van der Waals surface area contributed by atoms with Gasteiger partial charge in [-0.2, -0.15) is 4.57 Å². The number of carbonyl (C=O) groups is 3. The number of amides is 1. The van der Waals surface area contributed by atoms with Crippen molar-refractivity contribution in [2.24, 2.45) is 0 Å². The average molecular weight is 402 g/mol. The van der Waals surface area contributed by atoms with Crippen LogP contribution in [-0.4, -0.2) is 24.3 Å². The molecule has 148 valence electrons. The summed E-state index contributed by atoms with van der Waals surface area (Å²) in [5.74, 6) is -0.916. The van der Waals surface area contributed by atoms with Crippen molar-refractivity contribution in [1.29, 1.82) is 0 Å². The number of pyridine rings is 1. The Kier molecular flexibility index (Phi) is 6.24. The first-order valence-corrected chi connectivity index (χ1v) is 10.3. The Balaban J connectivity index is 1.80. The minimum atomic E-state index is -0.527. The fourth-order valence-corrected chi connectivity index (χ4v) is 4.64. The Morgan fingerprint density at radius 3 is 2.61 bits per heavy atom. The van der Waals surface area contributed by atoms with Crippen LogP contribution in [-0.2, 0) is 28.9 Å². The molecule has 2 heterocycles. The van der Waals surface area contributed by atoms with Gasteiger partial charge in [0.25, 0.3) is 5.91 Å². The molecule has 2 aromatic heterocycles. The van der Waals surface area contributed by atoms with Crippen molar-refractivity contribution in [1.82, 2.24) is 0 Å². The van der Waals surface area contributed by atoms with E-state index in [-0.39, 0.29) is 30.4 Å². The third-order valence-corrected chi connectivity index (χ3v) is 6.18. The van der Waals surface area contributed by atoms with E-state index in [1.165, 1.54) is 30.9 Å². The van der Waals surface area contributed by atoms with Crippen molar-refractivity contribution in [2.75, 3.05) is 11.9 Å². The van der Waals surface area contributed by atoms with Gasteiger partial charge in [0.2, 0.25) is 6.54 Å². The molecule has 1 N–H and O–H groups in total. The molecule has 0 atom stereocenters. The van der Waals surface area contributed by atoms with Gasteiger partial charge in [-0.05, 0) is 57.6 Å². The minimum Gasteiger partial charge on any atom is -0.462 e. The Labute approximate surface area is 168 Å². The van der Waals surface area contributed by atoms with Gasteiger partial charge in [0.15, 0.2) is 18.2 Å². The highest BCUT2D eigenvalue weighted by Gasteiger charge is 2.26. The number of nitrogens with zero attached hydrogens (tertiary/aromatic N) is 1. The van der Waals surface area contributed by atoms with Gasteiger partial charge < -0.3 is 10.1 Å². The highest BCUT2D eigenvalue weighted by Crippen LogP contribution is 2.34. The van der Waals surface area contributed by atoms with Crippen molar-refractivity contribution < 1.29 is 23.7 Å². The molecule has 7 heteroatoms. The molecule has 0 unspecified atom stereocenters. The number of rotatable bonds is 6. The maximum Gasteiger partial charge on any atom is 0.341 e. The molecule has 1 aliphatic rings. The second kappa shape index (κ2) is 8.65. The lowest BCUT2D eigenvalue weighted by atomic mass is 9.93. The summed E-state index contributed by atoms with van der Waals surface area (Å²) in [6, 6.07) is 2.08. The van der Waals surface area contributed by atoms with E-state index in [2.05, 4.69) is 11.4 Å². The van der Waals surface area contributed by atoms with Gasteiger partial charge >= 0.3 is 5.97 Å². The molecule has 0 fully saturated rings. The van der Waals surface area contributed by atoms with Crippen LogP contribution in [0.3, 0.4) is 0 Å². The van der Waals surface area contributed by atoms with Gasteiger partial charge in [0.1, 0.15) is 5.00 Å². The minimum absolute atomic E-state index is 0.141. The monoisotopic (exact) mass is 401 g/mol. The molecule has 28 heavy (non-hydrogen) atoms. The van der Waals surface area contributed by atoms with Gasteiger partial charge in [-0.25, -0.2) is 4.79 Å². The summed E-state index contributed by atoms with van der Waals surface area (Å²) in [5.41, 5.74) is 3.46. The summed E-state index contributed by atoms with van der Waals surface area (Å²) < 4.78 is 6.96. The first kappa shape index (κ1) is 20.2. The van der Waals surface area contributed by atoms with Crippen LogP contribution in [0.5, 0.6) is 0 Å². The summed E-state index contributed by atoms with van der Waals surface area (Å²) in [7, 11) is 0. The molecule has 1 aliphatic carbocycles. The Hall–Kier alpha value is -2.54. The third-order valence-electron chi connectivity index (χ3n) is 4.87. The SMILES string of the molecule is CCOC(=O)c1c(NC(=O)C[n+]2ccc3c(c2)CCCC3)sc(C(C)=O)c1C. The normalized spacial score (nSPS) is 13.0. The quantitative estimate of drug-likeness (QED) is 0.458. The summed E-state index contributed by atoms with van der Waals surface area (Å²) >= 11 is 1.12. The van der Waals surface area contributed by atoms with E-state index in [4.69, 9.17) is 4.74 Å². The number of hydrogen-bond donors (Lipinski definition) is 1. The number of carbonyl (C=O) groups excluding carboxylic acids is 3. The third kappa shape index (κ3) is 4.30. The maximum absolute atomic E-state index is 12.6. The number of thiophene rings is 1. The van der Waals surface area contributed by atoms with E-state index in [9.17, 15) is 14.4 Å². The molecule has 2 aromatic rings. The Bertz CT molecular complexity index is 933. The van der Waals surface area contributed by atoms with Crippen LogP contribution in [0.2, 0.25) is 0 Å². The van der Waals surface area contributed by atoms with Crippen LogP contribution in [0.25, 0.3) is 0 Å². The van der Waals surface area contributed by atoms with Crippen LogP contribution < -0.4 is 9.88 Å². The van der Waals surface area contributed by atoms with Gasteiger partial charge in [-0.3, -0.25) is 9.59 Å². The number of anilines is 1. The molecule has 1 amide bonds. The van der Waals surface area contributed by atoms with Crippen molar-refractivity contribution in [3.63, 3.8) is 0 Å². The van der Waals surface area contributed by atoms with E-state index in [0.29, 0.717) is 15.4 Å². The highest BCUT2D eigenvalue weighted by atomic mass is 32.1. The lowest BCUT2D eigenvalue weighted by molar-refractivity contribution is -0.684. The molecule has 0 radical (unpaired) electrons. The number of hydrogen-bond acceptors (Lipinski definition) is 5. The number of aromatic nitrogens is 1. The van der Waals surface area contributed by atoms with E-state index in [0.717, 1.165) is 24.2 Å². The zero-order valence-electron chi connectivity index (χ0n) is 16.5. The zero-order chi connectivity index (χ0) is 20.3. The average Bonchev–Trinajstić information content (AvgIpc) is 2.98. The molecule has 0 aromatic carbocycles. The molecular weight excluding hydrogens is 376 g/mol. The molecule has 3 rings (SSSR count). The Morgan fingerprint density at radius 2 is 1.93 bits per heavy atom. The topological polar surface area (TPSA) is 76.3 Å². The second-order valence-electron chi connectivity index (χ2n) is 6.96. The number of nitrogens with one attached hydrogen (secondary N) is 1. The van der Waals surface area contributed by atoms with Gasteiger partial charge in [-0.15, -0.1) is 11.3 Å². The predicted octanol–water partition coefficient (Wildman–Crippen LogP) is 3.24. The van der Waals surface area contributed by atoms with E-state index < -0.39 is 5.97 Å². The molecular formula is C21H25N2O4S+. The van der Waals surface area contributed by atoms with Crippen molar-refractivity contribution >= 4 is 34.0 Å². The van der Waals surface area contributed by atoms with Crippen LogP contribution in [0.4, 0.5) is 5.00 Å². The Morgan fingerprint density at radius 1 is 1.21 bits per heavy atom. The summed E-state index contributed by atoms with van der Waals surface area (Å²) in [6.07, 6.45) is 8.46. The molecule has 0 saturated heterocycles. The van der Waals surface area contributed by atoms with Gasteiger partial charge in [0, 0.05) is 11.6 Å². The maximum atomic E-state index is 12.6.